The molecule has 0 radical (unpaired) electrons. The van der Waals surface area contributed by atoms with E-state index in [1.54, 1.807) is 42.5 Å². The molecule has 21 heavy (non-hydrogen) atoms. The molecule has 0 bridgehead atoms. The summed E-state index contributed by atoms with van der Waals surface area (Å²) in [7, 11) is -0.322. The van der Waals surface area contributed by atoms with E-state index in [2.05, 4.69) is 0 Å². The second-order valence-corrected chi connectivity index (χ2v) is 6.78. The Morgan fingerprint density at radius 3 is 1.90 bits per heavy atom. The fraction of sp³-hybridized carbons (Fsp3) is 0.250. The van der Waals surface area contributed by atoms with Gasteiger partial charge < -0.3 is 9.47 Å². The smallest absolute Gasteiger partial charge is 0.182 e. The van der Waals surface area contributed by atoms with Crippen LogP contribution < -0.4 is 9.47 Å². The fourth-order valence-electron chi connectivity index (χ4n) is 2.00. The average Bonchev–Trinajstić information content (AvgIpc) is 2.46. The van der Waals surface area contributed by atoms with Crippen molar-refractivity contribution in [2.75, 3.05) is 14.2 Å². The van der Waals surface area contributed by atoms with Crippen molar-refractivity contribution < 1.29 is 17.9 Å². The molecule has 2 aromatic rings. The summed E-state index contributed by atoms with van der Waals surface area (Å²) in [6.07, 6.45) is 0. The van der Waals surface area contributed by atoms with Crippen molar-refractivity contribution in [3.05, 3.63) is 53.6 Å². The quantitative estimate of drug-likeness (QED) is 0.852. The molecule has 4 nitrogen and oxygen atoms in total. The normalized spacial score (nSPS) is 11.2. The molecular weight excluding hydrogens is 288 g/mol. The van der Waals surface area contributed by atoms with Crippen LogP contribution in [0.5, 0.6) is 11.5 Å². The van der Waals surface area contributed by atoms with E-state index in [9.17, 15) is 8.42 Å². The average molecular weight is 306 g/mol. The number of rotatable bonds is 5. The van der Waals surface area contributed by atoms with Crippen LogP contribution in [0.25, 0.3) is 0 Å². The van der Waals surface area contributed by atoms with E-state index in [0.717, 1.165) is 5.56 Å². The van der Waals surface area contributed by atoms with Crippen molar-refractivity contribution in [1.82, 2.24) is 0 Å². The lowest BCUT2D eigenvalue weighted by Gasteiger charge is -2.09. The van der Waals surface area contributed by atoms with Gasteiger partial charge in [-0.1, -0.05) is 17.7 Å². The number of hydrogen-bond acceptors (Lipinski definition) is 4. The SMILES string of the molecule is COc1cc(CS(=O)(=O)c2ccc(C)cc2)cc(OC)c1. The van der Waals surface area contributed by atoms with E-state index in [0.29, 0.717) is 22.0 Å². The molecule has 5 heteroatoms. The van der Waals surface area contributed by atoms with Crippen LogP contribution in [-0.2, 0) is 15.6 Å². The highest BCUT2D eigenvalue weighted by molar-refractivity contribution is 7.90. The van der Waals surface area contributed by atoms with Gasteiger partial charge in [0.2, 0.25) is 0 Å². The molecule has 0 saturated heterocycles. The van der Waals surface area contributed by atoms with Gasteiger partial charge in [0, 0.05) is 6.07 Å². The van der Waals surface area contributed by atoms with E-state index in [1.807, 2.05) is 6.92 Å². The Labute approximate surface area is 125 Å². The van der Waals surface area contributed by atoms with Crippen molar-refractivity contribution in [3.8, 4) is 11.5 Å². The molecule has 0 aromatic heterocycles. The summed E-state index contributed by atoms with van der Waals surface area (Å²) in [4.78, 5) is 0.315. The van der Waals surface area contributed by atoms with Crippen molar-refractivity contribution in [1.29, 1.82) is 0 Å². The molecular formula is C16H18O4S. The zero-order valence-electron chi connectivity index (χ0n) is 12.3. The maximum atomic E-state index is 12.4. The molecule has 112 valence electrons. The van der Waals surface area contributed by atoms with E-state index in [1.165, 1.54) is 14.2 Å². The highest BCUT2D eigenvalue weighted by Gasteiger charge is 2.16. The first-order chi connectivity index (χ1) is 9.94. The van der Waals surface area contributed by atoms with Gasteiger partial charge >= 0.3 is 0 Å². The molecule has 2 rings (SSSR count). The number of sulfone groups is 1. The van der Waals surface area contributed by atoms with Gasteiger partial charge in [-0.3, -0.25) is 0 Å². The molecule has 0 aliphatic rings. The first-order valence-corrected chi connectivity index (χ1v) is 8.11. The van der Waals surface area contributed by atoms with Crippen molar-refractivity contribution in [3.63, 3.8) is 0 Å². The minimum Gasteiger partial charge on any atom is -0.497 e. The van der Waals surface area contributed by atoms with Gasteiger partial charge in [0.1, 0.15) is 11.5 Å². The molecule has 0 spiro atoms. The topological polar surface area (TPSA) is 52.6 Å². The summed E-state index contributed by atoms with van der Waals surface area (Å²) >= 11 is 0. The second kappa shape index (κ2) is 6.18. The third kappa shape index (κ3) is 3.76. The van der Waals surface area contributed by atoms with Gasteiger partial charge in [0.15, 0.2) is 9.84 Å². The minimum absolute atomic E-state index is 0.0936. The number of benzene rings is 2. The third-order valence-electron chi connectivity index (χ3n) is 3.15. The zero-order chi connectivity index (χ0) is 15.5. The van der Waals surface area contributed by atoms with E-state index < -0.39 is 9.84 Å². The molecule has 2 aromatic carbocycles. The Bertz CT molecular complexity index is 696. The lowest BCUT2D eigenvalue weighted by Crippen LogP contribution is -2.05. The predicted octanol–water partition coefficient (Wildman–Crippen LogP) is 2.99. The Balaban J connectivity index is 2.34. The molecule has 0 heterocycles. The second-order valence-electron chi connectivity index (χ2n) is 4.79. The minimum atomic E-state index is -3.39. The molecule has 0 N–H and O–H groups in total. The number of aryl methyl sites for hydroxylation is 1. The lowest BCUT2D eigenvalue weighted by atomic mass is 10.2. The maximum Gasteiger partial charge on any atom is 0.182 e. The maximum absolute atomic E-state index is 12.4. The summed E-state index contributed by atoms with van der Waals surface area (Å²) in [6, 6.07) is 12.0. The van der Waals surface area contributed by atoms with Gasteiger partial charge in [-0.2, -0.15) is 0 Å². The fourth-order valence-corrected chi connectivity index (χ4v) is 3.32. The van der Waals surface area contributed by atoms with E-state index >= 15 is 0 Å². The summed E-state index contributed by atoms with van der Waals surface area (Å²) in [5.41, 5.74) is 1.66. The predicted molar refractivity (Wildman–Crippen MR) is 81.6 cm³/mol. The summed E-state index contributed by atoms with van der Waals surface area (Å²) in [5, 5.41) is 0. The molecule has 0 fully saturated rings. The summed E-state index contributed by atoms with van der Waals surface area (Å²) in [6.45, 7) is 1.92. The van der Waals surface area contributed by atoms with Crippen molar-refractivity contribution in [2.45, 2.75) is 17.6 Å². The summed E-state index contributed by atoms with van der Waals surface area (Å²) in [5.74, 6) is 1.05. The van der Waals surface area contributed by atoms with Crippen LogP contribution in [0.3, 0.4) is 0 Å². The van der Waals surface area contributed by atoms with Gasteiger partial charge in [0.25, 0.3) is 0 Å². The molecule has 0 aliphatic heterocycles. The van der Waals surface area contributed by atoms with Crippen LogP contribution >= 0.6 is 0 Å². The Hall–Kier alpha value is -2.01. The van der Waals surface area contributed by atoms with Crippen LogP contribution in [0.2, 0.25) is 0 Å². The molecule has 0 atom stereocenters. The number of methoxy groups -OCH3 is 2. The van der Waals surface area contributed by atoms with Gasteiger partial charge in [-0.15, -0.1) is 0 Å². The first-order valence-electron chi connectivity index (χ1n) is 6.46. The first kappa shape index (κ1) is 15.4. The van der Waals surface area contributed by atoms with Crippen LogP contribution in [0, 0.1) is 6.92 Å². The molecule has 0 amide bonds. The van der Waals surface area contributed by atoms with Crippen LogP contribution in [-0.4, -0.2) is 22.6 Å². The van der Waals surface area contributed by atoms with Gasteiger partial charge in [0.05, 0.1) is 24.9 Å². The number of hydrogen-bond donors (Lipinski definition) is 0. The van der Waals surface area contributed by atoms with Crippen LogP contribution in [0.1, 0.15) is 11.1 Å². The Kier molecular flexibility index (Phi) is 4.53. The third-order valence-corrected chi connectivity index (χ3v) is 4.85. The van der Waals surface area contributed by atoms with Crippen LogP contribution in [0.4, 0.5) is 0 Å². The van der Waals surface area contributed by atoms with E-state index in [-0.39, 0.29) is 5.75 Å². The highest BCUT2D eigenvalue weighted by Crippen LogP contribution is 2.25. The largest absolute Gasteiger partial charge is 0.497 e. The van der Waals surface area contributed by atoms with Crippen molar-refractivity contribution in [2.24, 2.45) is 0 Å². The number of ether oxygens (including phenoxy) is 2. The highest BCUT2D eigenvalue weighted by atomic mass is 32.2. The molecule has 0 aliphatic carbocycles. The summed E-state index contributed by atoms with van der Waals surface area (Å²) < 4.78 is 35.2. The van der Waals surface area contributed by atoms with Crippen molar-refractivity contribution >= 4 is 9.84 Å². The molecule has 0 saturated carbocycles. The Morgan fingerprint density at radius 2 is 1.43 bits per heavy atom. The lowest BCUT2D eigenvalue weighted by molar-refractivity contribution is 0.393. The standard InChI is InChI=1S/C16H18O4S/c1-12-4-6-16(7-5-12)21(17,18)11-13-8-14(19-2)10-15(9-13)20-3/h4-10H,11H2,1-3H3. The molecule has 0 unspecified atom stereocenters. The van der Waals surface area contributed by atoms with Crippen LogP contribution in [0.15, 0.2) is 47.4 Å². The zero-order valence-corrected chi connectivity index (χ0v) is 13.1. The van der Waals surface area contributed by atoms with Gasteiger partial charge in [-0.05, 0) is 36.8 Å². The van der Waals surface area contributed by atoms with Gasteiger partial charge in [-0.25, -0.2) is 8.42 Å². The monoisotopic (exact) mass is 306 g/mol. The van der Waals surface area contributed by atoms with E-state index in [4.69, 9.17) is 9.47 Å². The Morgan fingerprint density at radius 1 is 0.905 bits per heavy atom.